The lowest BCUT2D eigenvalue weighted by Gasteiger charge is -2.22. The van der Waals surface area contributed by atoms with Crippen molar-refractivity contribution in [2.75, 3.05) is 0 Å². The molecule has 0 aliphatic carbocycles. The van der Waals surface area contributed by atoms with Gasteiger partial charge in [0.2, 0.25) is 0 Å². The molecule has 2 aliphatic heterocycles. The Kier molecular flexibility index (Phi) is 5.02. The first-order valence-electron chi connectivity index (χ1n) is 9.30. The van der Waals surface area contributed by atoms with Crippen LogP contribution < -0.4 is 9.47 Å². The highest BCUT2D eigenvalue weighted by Gasteiger charge is 2.27. The highest BCUT2D eigenvalue weighted by atomic mass is 32.1. The standard InChI is InChI=1S/C21H22FN3O2S/c1-5-14-7-17(15-8-20-19(6-11(15)2)26-21(22)27-20)23-9-18(14)24-12(3)16-10-28-25-13(16)4/h6,8-10,17,21H,5,7H2,1-4H3. The lowest BCUT2D eigenvalue weighted by Crippen LogP contribution is -2.09. The van der Waals surface area contributed by atoms with Gasteiger partial charge in [0.15, 0.2) is 11.5 Å². The number of aliphatic imine (C=N–C) groups is 2. The van der Waals surface area contributed by atoms with Crippen molar-refractivity contribution in [1.82, 2.24) is 4.37 Å². The average Bonchev–Trinajstić information content (AvgIpc) is 3.25. The number of alkyl halides is 1. The van der Waals surface area contributed by atoms with Crippen LogP contribution in [0.4, 0.5) is 4.39 Å². The van der Waals surface area contributed by atoms with Gasteiger partial charge in [-0.05, 0) is 74.0 Å². The summed E-state index contributed by atoms with van der Waals surface area (Å²) in [5.74, 6) is 0.880. The van der Waals surface area contributed by atoms with E-state index in [2.05, 4.69) is 11.3 Å². The summed E-state index contributed by atoms with van der Waals surface area (Å²) in [4.78, 5) is 9.58. The normalized spacial score (nSPS) is 21.5. The van der Waals surface area contributed by atoms with Crippen molar-refractivity contribution in [2.45, 2.75) is 53.1 Å². The van der Waals surface area contributed by atoms with Crippen LogP contribution >= 0.6 is 11.5 Å². The van der Waals surface area contributed by atoms with Crippen LogP contribution in [-0.4, -0.2) is 22.8 Å². The number of rotatable bonds is 4. The quantitative estimate of drug-likeness (QED) is 0.640. The van der Waals surface area contributed by atoms with Crippen LogP contribution in [0.25, 0.3) is 0 Å². The molecule has 28 heavy (non-hydrogen) atoms. The predicted octanol–water partition coefficient (Wildman–Crippen LogP) is 5.47. The van der Waals surface area contributed by atoms with Crippen molar-refractivity contribution in [1.29, 1.82) is 0 Å². The second kappa shape index (κ2) is 7.47. The molecule has 0 radical (unpaired) electrons. The van der Waals surface area contributed by atoms with Gasteiger partial charge in [0.05, 0.1) is 17.4 Å². The zero-order valence-electron chi connectivity index (χ0n) is 16.3. The first-order chi connectivity index (χ1) is 13.5. The monoisotopic (exact) mass is 399 g/mol. The summed E-state index contributed by atoms with van der Waals surface area (Å²) in [7, 11) is 0. The second-order valence-corrected chi connectivity index (χ2v) is 7.65. The highest BCUT2D eigenvalue weighted by Crippen LogP contribution is 2.42. The molecule has 2 unspecified atom stereocenters. The van der Waals surface area contributed by atoms with Gasteiger partial charge in [-0.15, -0.1) is 0 Å². The van der Waals surface area contributed by atoms with Crippen molar-refractivity contribution in [2.24, 2.45) is 9.98 Å². The number of fused-ring (bicyclic) bond motifs is 1. The SMILES string of the molecule is CCC1=C(N=C(C)c2csnc2C)C=NC(c2cc3c(cc2C)OC(F)O3)C1. The molecule has 0 saturated carbocycles. The molecule has 0 amide bonds. The topological polar surface area (TPSA) is 56.1 Å². The number of hydrogen-bond acceptors (Lipinski definition) is 6. The Morgan fingerprint density at radius 1 is 1.29 bits per heavy atom. The molecule has 2 aliphatic rings. The number of aryl methyl sites for hydroxylation is 2. The van der Waals surface area contributed by atoms with E-state index in [4.69, 9.17) is 19.5 Å². The molecular weight excluding hydrogens is 377 g/mol. The van der Waals surface area contributed by atoms with Gasteiger partial charge in [0.1, 0.15) is 0 Å². The molecule has 7 heteroatoms. The third-order valence-electron chi connectivity index (χ3n) is 5.16. The van der Waals surface area contributed by atoms with E-state index in [9.17, 15) is 4.39 Å². The zero-order chi connectivity index (χ0) is 19.8. The van der Waals surface area contributed by atoms with E-state index in [-0.39, 0.29) is 6.04 Å². The highest BCUT2D eigenvalue weighted by molar-refractivity contribution is 7.04. The van der Waals surface area contributed by atoms with Gasteiger partial charge in [0.25, 0.3) is 0 Å². The van der Waals surface area contributed by atoms with Crippen molar-refractivity contribution in [3.05, 3.63) is 51.2 Å². The van der Waals surface area contributed by atoms with Crippen LogP contribution in [0.1, 0.15) is 55.1 Å². The number of aromatic nitrogens is 1. The smallest absolute Gasteiger partial charge is 0.397 e. The van der Waals surface area contributed by atoms with E-state index in [0.29, 0.717) is 11.5 Å². The summed E-state index contributed by atoms with van der Waals surface area (Å²) in [5, 5.41) is 2.03. The number of halogens is 1. The predicted molar refractivity (Wildman–Crippen MR) is 110 cm³/mol. The number of hydrogen-bond donors (Lipinski definition) is 0. The Bertz CT molecular complexity index is 1010. The summed E-state index contributed by atoms with van der Waals surface area (Å²) in [5.41, 5.74) is 7.23. The fraction of sp³-hybridized carbons (Fsp3) is 0.381. The van der Waals surface area contributed by atoms with Gasteiger partial charge < -0.3 is 9.47 Å². The Hall–Kier alpha value is -2.54. The van der Waals surface area contributed by atoms with Crippen LogP contribution in [-0.2, 0) is 0 Å². The van der Waals surface area contributed by atoms with Crippen LogP contribution in [0.2, 0.25) is 0 Å². The number of dihydropyridines is 1. The van der Waals surface area contributed by atoms with E-state index in [1.54, 1.807) is 0 Å². The average molecular weight is 399 g/mol. The molecule has 1 aromatic heterocycles. The summed E-state index contributed by atoms with van der Waals surface area (Å²) >= 11 is 1.44. The Labute approximate surface area is 167 Å². The van der Waals surface area contributed by atoms with E-state index in [1.165, 1.54) is 17.1 Å². The molecule has 146 valence electrons. The molecule has 3 heterocycles. The maximum Gasteiger partial charge on any atom is 0.397 e. The van der Waals surface area contributed by atoms with E-state index in [0.717, 1.165) is 46.6 Å². The summed E-state index contributed by atoms with van der Waals surface area (Å²) in [6.45, 7) is 6.39. The van der Waals surface area contributed by atoms with Gasteiger partial charge in [0, 0.05) is 22.9 Å². The molecule has 2 aromatic rings. The Morgan fingerprint density at radius 2 is 2.04 bits per heavy atom. The maximum absolute atomic E-state index is 13.4. The van der Waals surface area contributed by atoms with Crippen molar-refractivity contribution in [3.8, 4) is 11.5 Å². The molecule has 0 saturated heterocycles. The number of benzene rings is 1. The minimum absolute atomic E-state index is 0.0358. The Morgan fingerprint density at radius 3 is 2.71 bits per heavy atom. The lowest BCUT2D eigenvalue weighted by molar-refractivity contribution is -0.0652. The fourth-order valence-corrected chi connectivity index (χ4v) is 4.35. The summed E-state index contributed by atoms with van der Waals surface area (Å²) < 4.78 is 27.8. The van der Waals surface area contributed by atoms with Crippen LogP contribution in [0, 0.1) is 13.8 Å². The molecule has 5 nitrogen and oxygen atoms in total. The van der Waals surface area contributed by atoms with Crippen molar-refractivity contribution in [3.63, 3.8) is 0 Å². The van der Waals surface area contributed by atoms with Crippen molar-refractivity contribution < 1.29 is 13.9 Å². The number of ether oxygens (including phenoxy) is 2. The maximum atomic E-state index is 13.4. The molecular formula is C21H22FN3O2S. The minimum atomic E-state index is -1.73. The van der Waals surface area contributed by atoms with E-state index < -0.39 is 6.54 Å². The van der Waals surface area contributed by atoms with Crippen LogP contribution in [0.5, 0.6) is 11.5 Å². The first-order valence-corrected chi connectivity index (χ1v) is 10.1. The molecule has 0 fully saturated rings. The summed E-state index contributed by atoms with van der Waals surface area (Å²) in [6, 6.07) is 3.63. The van der Waals surface area contributed by atoms with Crippen LogP contribution in [0.15, 0.2) is 38.8 Å². The van der Waals surface area contributed by atoms with Crippen LogP contribution in [0.3, 0.4) is 0 Å². The summed E-state index contributed by atoms with van der Waals surface area (Å²) in [6.07, 6.45) is 3.53. The number of nitrogens with zero attached hydrogens (tertiary/aromatic N) is 3. The second-order valence-electron chi connectivity index (χ2n) is 7.02. The van der Waals surface area contributed by atoms with Gasteiger partial charge >= 0.3 is 6.54 Å². The molecule has 0 N–H and O–H groups in total. The minimum Gasteiger partial charge on any atom is -0.425 e. The molecule has 0 spiro atoms. The fourth-order valence-electron chi connectivity index (χ4n) is 3.59. The lowest BCUT2D eigenvalue weighted by atomic mass is 9.91. The zero-order valence-corrected chi connectivity index (χ0v) is 17.1. The molecule has 1 aromatic carbocycles. The van der Waals surface area contributed by atoms with Gasteiger partial charge in [-0.25, -0.2) is 0 Å². The molecule has 4 rings (SSSR count). The molecule has 0 bridgehead atoms. The van der Waals surface area contributed by atoms with Gasteiger partial charge in [-0.2, -0.15) is 8.76 Å². The number of allylic oxidation sites excluding steroid dienone is 1. The van der Waals surface area contributed by atoms with Crippen molar-refractivity contribution >= 4 is 23.5 Å². The molecule has 2 atom stereocenters. The van der Waals surface area contributed by atoms with Gasteiger partial charge in [-0.3, -0.25) is 9.98 Å². The third-order valence-corrected chi connectivity index (χ3v) is 5.88. The first kappa shape index (κ1) is 18.8. The Balaban J connectivity index is 1.62. The van der Waals surface area contributed by atoms with Gasteiger partial charge in [-0.1, -0.05) is 6.92 Å². The third kappa shape index (κ3) is 3.46. The largest absolute Gasteiger partial charge is 0.425 e. The van der Waals surface area contributed by atoms with E-state index >= 15 is 0 Å². The van der Waals surface area contributed by atoms with E-state index in [1.807, 2.05) is 44.5 Å².